The van der Waals surface area contributed by atoms with Gasteiger partial charge in [-0.3, -0.25) is 9.69 Å². The lowest BCUT2D eigenvalue weighted by Gasteiger charge is -2.34. The van der Waals surface area contributed by atoms with Gasteiger partial charge in [-0.15, -0.1) is 12.4 Å². The number of carbonyl (C=O) groups is 1. The molecule has 0 spiro atoms. The van der Waals surface area contributed by atoms with E-state index in [4.69, 9.17) is 9.47 Å². The first-order chi connectivity index (χ1) is 10.9. The van der Waals surface area contributed by atoms with Gasteiger partial charge in [0.05, 0.1) is 13.7 Å². The van der Waals surface area contributed by atoms with Crippen molar-refractivity contribution in [2.24, 2.45) is 0 Å². The van der Waals surface area contributed by atoms with Crippen molar-refractivity contribution < 1.29 is 27.4 Å². The molecule has 5 nitrogen and oxygen atoms in total. The average Bonchev–Trinajstić information content (AvgIpc) is 2.52. The third-order valence-electron chi connectivity index (χ3n) is 3.55. The highest BCUT2D eigenvalue weighted by Crippen LogP contribution is 2.25. The Morgan fingerprint density at radius 2 is 1.71 bits per heavy atom. The third-order valence-corrected chi connectivity index (χ3v) is 3.55. The summed E-state index contributed by atoms with van der Waals surface area (Å²) in [6.45, 7) is -0.152. The van der Waals surface area contributed by atoms with E-state index < -0.39 is 12.7 Å². The van der Waals surface area contributed by atoms with Crippen LogP contribution in [0.2, 0.25) is 0 Å². The van der Waals surface area contributed by atoms with Crippen molar-refractivity contribution in [3.05, 3.63) is 24.3 Å². The average molecular weight is 369 g/mol. The number of piperazine rings is 1. The van der Waals surface area contributed by atoms with Crippen LogP contribution in [0, 0.1) is 0 Å². The number of ether oxygens (including phenoxy) is 2. The molecule has 1 aromatic carbocycles. The normalized spacial score (nSPS) is 15.6. The molecule has 1 saturated heterocycles. The van der Waals surface area contributed by atoms with Crippen molar-refractivity contribution in [1.82, 2.24) is 9.80 Å². The Morgan fingerprint density at radius 3 is 2.25 bits per heavy atom. The molecular weight excluding hydrogens is 349 g/mol. The molecule has 0 N–H and O–H groups in total. The maximum Gasteiger partial charge on any atom is 0.401 e. The fourth-order valence-electron chi connectivity index (χ4n) is 2.38. The van der Waals surface area contributed by atoms with Crippen molar-refractivity contribution in [2.45, 2.75) is 6.18 Å². The van der Waals surface area contributed by atoms with E-state index in [9.17, 15) is 18.0 Å². The molecule has 9 heteroatoms. The maximum absolute atomic E-state index is 12.3. The first-order valence-electron chi connectivity index (χ1n) is 7.22. The van der Waals surface area contributed by atoms with Crippen molar-refractivity contribution in [1.29, 1.82) is 0 Å². The van der Waals surface area contributed by atoms with Gasteiger partial charge in [0.1, 0.15) is 0 Å². The molecule has 0 aromatic heterocycles. The molecule has 0 saturated carbocycles. The Balaban J connectivity index is 0.00000288. The Hall–Kier alpha value is -1.67. The number of para-hydroxylation sites is 2. The molecule has 0 bridgehead atoms. The Morgan fingerprint density at radius 1 is 1.12 bits per heavy atom. The van der Waals surface area contributed by atoms with E-state index in [1.165, 1.54) is 16.9 Å². The third kappa shape index (κ3) is 6.09. The zero-order valence-electron chi connectivity index (χ0n) is 13.2. The Bertz CT molecular complexity index is 535. The van der Waals surface area contributed by atoms with E-state index in [0.717, 1.165) is 0 Å². The van der Waals surface area contributed by atoms with Crippen LogP contribution in [0.4, 0.5) is 13.2 Å². The van der Waals surface area contributed by atoms with Crippen LogP contribution < -0.4 is 9.47 Å². The number of hydrogen-bond acceptors (Lipinski definition) is 4. The lowest BCUT2D eigenvalue weighted by atomic mass is 10.3. The number of rotatable bonds is 5. The molecule has 1 aliphatic heterocycles. The summed E-state index contributed by atoms with van der Waals surface area (Å²) in [4.78, 5) is 14.9. The molecule has 1 amide bonds. The number of alkyl halides is 3. The van der Waals surface area contributed by atoms with Crippen LogP contribution in [0.25, 0.3) is 0 Å². The molecule has 1 heterocycles. The van der Waals surface area contributed by atoms with Crippen molar-refractivity contribution in [2.75, 3.05) is 46.4 Å². The summed E-state index contributed by atoms with van der Waals surface area (Å²) >= 11 is 0. The van der Waals surface area contributed by atoms with Gasteiger partial charge in [0, 0.05) is 26.2 Å². The van der Waals surface area contributed by atoms with Crippen LogP contribution in [0.1, 0.15) is 0 Å². The lowest BCUT2D eigenvalue weighted by molar-refractivity contribution is -0.152. The number of amides is 1. The van der Waals surface area contributed by atoms with Gasteiger partial charge in [-0.2, -0.15) is 13.2 Å². The second-order valence-electron chi connectivity index (χ2n) is 5.21. The van der Waals surface area contributed by atoms with Gasteiger partial charge in [-0.05, 0) is 12.1 Å². The first kappa shape index (κ1) is 20.4. The summed E-state index contributed by atoms with van der Waals surface area (Å²) in [5, 5.41) is 0. The summed E-state index contributed by atoms with van der Waals surface area (Å²) in [7, 11) is 1.50. The van der Waals surface area contributed by atoms with Crippen LogP contribution in [0.3, 0.4) is 0 Å². The highest BCUT2D eigenvalue weighted by Gasteiger charge is 2.32. The number of nitrogens with zero attached hydrogens (tertiary/aromatic N) is 2. The topological polar surface area (TPSA) is 42.0 Å². The summed E-state index contributed by atoms with van der Waals surface area (Å²) in [6.07, 6.45) is -4.21. The van der Waals surface area contributed by atoms with E-state index in [0.29, 0.717) is 11.5 Å². The minimum atomic E-state index is -4.21. The van der Waals surface area contributed by atoms with Gasteiger partial charge in [-0.25, -0.2) is 0 Å². The number of hydrogen-bond donors (Lipinski definition) is 0. The van der Waals surface area contributed by atoms with E-state index in [1.807, 2.05) is 0 Å². The predicted octanol–water partition coefficient (Wildman–Crippen LogP) is 2.20. The number of halogens is 4. The Labute approximate surface area is 144 Å². The van der Waals surface area contributed by atoms with Crippen LogP contribution in [-0.4, -0.2) is 68.3 Å². The van der Waals surface area contributed by atoms with Gasteiger partial charge in [-0.1, -0.05) is 12.1 Å². The summed E-state index contributed by atoms with van der Waals surface area (Å²) in [5.74, 6) is 0.733. The van der Waals surface area contributed by atoms with E-state index in [2.05, 4.69) is 0 Å². The highest BCUT2D eigenvalue weighted by molar-refractivity contribution is 5.85. The van der Waals surface area contributed by atoms with E-state index in [1.54, 1.807) is 24.3 Å². The fraction of sp³-hybridized carbons (Fsp3) is 0.533. The summed E-state index contributed by atoms with van der Waals surface area (Å²) < 4.78 is 47.5. The van der Waals surface area contributed by atoms with Crippen molar-refractivity contribution in [3.63, 3.8) is 0 Å². The molecule has 0 aliphatic carbocycles. The minimum Gasteiger partial charge on any atom is -0.493 e. The number of methoxy groups -OCH3 is 1. The quantitative estimate of drug-likeness (QED) is 0.799. The Kier molecular flexibility index (Phi) is 7.62. The first-order valence-corrected chi connectivity index (χ1v) is 7.22. The zero-order chi connectivity index (χ0) is 16.9. The van der Waals surface area contributed by atoms with Gasteiger partial charge in [0.2, 0.25) is 0 Å². The second-order valence-corrected chi connectivity index (χ2v) is 5.21. The van der Waals surface area contributed by atoms with Crippen molar-refractivity contribution >= 4 is 18.3 Å². The lowest BCUT2D eigenvalue weighted by Crippen LogP contribution is -2.51. The minimum absolute atomic E-state index is 0. The van der Waals surface area contributed by atoms with Crippen LogP contribution >= 0.6 is 12.4 Å². The van der Waals surface area contributed by atoms with Gasteiger partial charge < -0.3 is 14.4 Å². The van der Waals surface area contributed by atoms with Gasteiger partial charge >= 0.3 is 6.18 Å². The van der Waals surface area contributed by atoms with Gasteiger partial charge in [0.15, 0.2) is 18.1 Å². The maximum atomic E-state index is 12.3. The predicted molar refractivity (Wildman–Crippen MR) is 84.8 cm³/mol. The van der Waals surface area contributed by atoms with E-state index >= 15 is 0 Å². The molecule has 1 fully saturated rings. The molecule has 24 heavy (non-hydrogen) atoms. The molecule has 0 atom stereocenters. The molecule has 1 aliphatic rings. The monoisotopic (exact) mass is 368 g/mol. The molecule has 2 rings (SSSR count). The number of benzene rings is 1. The van der Waals surface area contributed by atoms with Crippen LogP contribution in [0.5, 0.6) is 11.5 Å². The summed E-state index contributed by atoms with van der Waals surface area (Å²) in [6, 6.07) is 6.95. The molecular formula is C15H20ClF3N2O3. The zero-order valence-corrected chi connectivity index (χ0v) is 14.0. The molecule has 136 valence electrons. The largest absolute Gasteiger partial charge is 0.493 e. The van der Waals surface area contributed by atoms with Crippen molar-refractivity contribution in [3.8, 4) is 11.5 Å². The SMILES string of the molecule is COc1ccccc1OCC(=O)N1CCN(CC(F)(F)F)CC1.Cl. The second kappa shape index (κ2) is 8.98. The number of carbonyl (C=O) groups excluding carboxylic acids is 1. The van der Waals surface area contributed by atoms with Crippen LogP contribution in [0.15, 0.2) is 24.3 Å². The van der Waals surface area contributed by atoms with Crippen LogP contribution in [-0.2, 0) is 4.79 Å². The molecule has 0 radical (unpaired) electrons. The van der Waals surface area contributed by atoms with Gasteiger partial charge in [0.25, 0.3) is 5.91 Å². The smallest absolute Gasteiger partial charge is 0.401 e. The summed E-state index contributed by atoms with van der Waals surface area (Å²) in [5.41, 5.74) is 0. The fourth-order valence-corrected chi connectivity index (χ4v) is 2.38. The van der Waals surface area contributed by atoms with E-state index in [-0.39, 0.29) is 51.1 Å². The standard InChI is InChI=1S/C15H19F3N2O3.ClH/c1-22-12-4-2-3-5-13(12)23-10-14(21)20-8-6-19(7-9-20)11-15(16,17)18;/h2-5H,6-11H2,1H3;1H. The molecule has 1 aromatic rings. The highest BCUT2D eigenvalue weighted by atomic mass is 35.5. The molecule has 0 unspecified atom stereocenters.